The fraction of sp³-hybridized carbons (Fsp3) is 0.0556. The first-order valence-electron chi connectivity index (χ1n) is 8.26. The number of para-hydroxylation sites is 2. The molecule has 0 spiro atoms. The van der Waals surface area contributed by atoms with E-state index in [0.717, 1.165) is 11.0 Å². The average Bonchev–Trinajstić information content (AvgIpc) is 3.37. The number of hydrogen-bond acceptors (Lipinski definition) is 5. The van der Waals surface area contributed by atoms with E-state index in [1.54, 1.807) is 17.1 Å². The standard InChI is InChI=1S/C18H14N8O/c1-25-7-6-15(24-25)26-14-5-3-2-4-13(14)22-18(26)23-17(27)12-9-20-16-11(12)8-19-10-21-16/h2-10H,1H3,(H,19,20,21)(H,22,23,27). The third kappa shape index (κ3) is 2.44. The molecule has 0 saturated carbocycles. The average molecular weight is 358 g/mol. The highest BCUT2D eigenvalue weighted by Crippen LogP contribution is 2.24. The Balaban J connectivity index is 1.62. The second kappa shape index (κ2) is 5.77. The first kappa shape index (κ1) is 15.3. The number of nitrogens with one attached hydrogen (secondary N) is 2. The van der Waals surface area contributed by atoms with Crippen LogP contribution >= 0.6 is 0 Å². The van der Waals surface area contributed by atoms with Gasteiger partial charge in [-0.15, -0.1) is 0 Å². The molecule has 0 aliphatic heterocycles. The maximum absolute atomic E-state index is 12.9. The zero-order chi connectivity index (χ0) is 18.4. The van der Waals surface area contributed by atoms with Gasteiger partial charge in [-0.25, -0.2) is 15.0 Å². The maximum Gasteiger partial charge on any atom is 0.260 e. The Hall–Kier alpha value is -4.01. The Bertz CT molecular complexity index is 1300. The van der Waals surface area contributed by atoms with Gasteiger partial charge in [-0.2, -0.15) is 5.10 Å². The van der Waals surface area contributed by atoms with Crippen LogP contribution in [0.3, 0.4) is 0 Å². The number of nitrogens with zero attached hydrogens (tertiary/aromatic N) is 6. The lowest BCUT2D eigenvalue weighted by Gasteiger charge is -2.07. The summed E-state index contributed by atoms with van der Waals surface area (Å²) < 4.78 is 3.52. The second-order valence-corrected chi connectivity index (χ2v) is 6.05. The number of anilines is 1. The molecule has 1 amide bonds. The number of carbonyl (C=O) groups is 1. The lowest BCUT2D eigenvalue weighted by atomic mass is 10.2. The summed E-state index contributed by atoms with van der Waals surface area (Å²) in [7, 11) is 1.84. The van der Waals surface area contributed by atoms with E-state index in [0.29, 0.717) is 28.4 Å². The van der Waals surface area contributed by atoms with Crippen molar-refractivity contribution < 1.29 is 4.79 Å². The summed E-state index contributed by atoms with van der Waals surface area (Å²) in [4.78, 5) is 28.5. The van der Waals surface area contributed by atoms with Crippen LogP contribution < -0.4 is 5.32 Å². The van der Waals surface area contributed by atoms with E-state index in [4.69, 9.17) is 0 Å². The van der Waals surface area contributed by atoms with Gasteiger partial charge in [0.05, 0.1) is 16.6 Å². The van der Waals surface area contributed by atoms with Gasteiger partial charge < -0.3 is 4.98 Å². The number of aromatic nitrogens is 7. The number of hydrogen-bond donors (Lipinski definition) is 2. The Kier molecular flexibility index (Phi) is 3.26. The molecule has 2 N–H and O–H groups in total. The summed E-state index contributed by atoms with van der Waals surface area (Å²) >= 11 is 0. The van der Waals surface area contributed by atoms with Crippen LogP contribution in [0.25, 0.3) is 27.9 Å². The summed E-state index contributed by atoms with van der Waals surface area (Å²) in [6.45, 7) is 0. The molecule has 9 heteroatoms. The van der Waals surface area contributed by atoms with E-state index in [-0.39, 0.29) is 5.91 Å². The molecule has 0 fully saturated rings. The first-order valence-corrected chi connectivity index (χ1v) is 8.26. The van der Waals surface area contributed by atoms with Crippen LogP contribution in [-0.2, 0) is 7.05 Å². The molecule has 0 unspecified atom stereocenters. The number of rotatable bonds is 3. The number of aromatic amines is 1. The zero-order valence-corrected chi connectivity index (χ0v) is 14.3. The molecule has 27 heavy (non-hydrogen) atoms. The van der Waals surface area contributed by atoms with Gasteiger partial charge in [0.25, 0.3) is 5.91 Å². The summed E-state index contributed by atoms with van der Waals surface area (Å²) in [6.07, 6.45) is 6.49. The molecule has 1 aromatic carbocycles. The van der Waals surface area contributed by atoms with Gasteiger partial charge in [-0.05, 0) is 12.1 Å². The topological polar surface area (TPSA) is 106 Å². The van der Waals surface area contributed by atoms with Crippen LogP contribution in [-0.4, -0.2) is 40.2 Å². The van der Waals surface area contributed by atoms with Crippen molar-refractivity contribution in [3.8, 4) is 5.82 Å². The number of aryl methyl sites for hydroxylation is 1. The summed E-state index contributed by atoms with van der Waals surface area (Å²) in [5.74, 6) is 0.762. The minimum atomic E-state index is -0.302. The SMILES string of the molecule is Cn1ccc(-n2c(NC(=O)c3c[nH]c4ncncc34)nc3ccccc32)n1. The van der Waals surface area contributed by atoms with Crippen LogP contribution in [0.4, 0.5) is 5.95 Å². The first-order chi connectivity index (χ1) is 13.2. The fourth-order valence-electron chi connectivity index (χ4n) is 3.08. The Labute approximate surface area is 152 Å². The highest BCUT2D eigenvalue weighted by Gasteiger charge is 2.19. The van der Waals surface area contributed by atoms with Gasteiger partial charge in [0, 0.05) is 37.1 Å². The molecule has 4 aromatic heterocycles. The van der Waals surface area contributed by atoms with Crippen LogP contribution in [0.15, 0.2) is 55.2 Å². The van der Waals surface area contributed by atoms with Gasteiger partial charge in [0.2, 0.25) is 5.95 Å². The zero-order valence-electron chi connectivity index (χ0n) is 14.3. The largest absolute Gasteiger partial charge is 0.345 e. The van der Waals surface area contributed by atoms with E-state index < -0.39 is 0 Å². The van der Waals surface area contributed by atoms with Crippen molar-refractivity contribution in [1.82, 2.24) is 34.3 Å². The minimum Gasteiger partial charge on any atom is -0.345 e. The predicted octanol–water partition coefficient (Wildman–Crippen LogP) is 2.28. The minimum absolute atomic E-state index is 0.302. The Morgan fingerprint density at radius 1 is 1.22 bits per heavy atom. The number of amides is 1. The fourth-order valence-corrected chi connectivity index (χ4v) is 3.08. The van der Waals surface area contributed by atoms with E-state index in [9.17, 15) is 4.79 Å². The molecule has 5 rings (SSSR count). The van der Waals surface area contributed by atoms with Crippen molar-refractivity contribution in [1.29, 1.82) is 0 Å². The molecule has 4 heterocycles. The quantitative estimate of drug-likeness (QED) is 0.515. The van der Waals surface area contributed by atoms with E-state index >= 15 is 0 Å². The molecular formula is C18H14N8O. The molecule has 132 valence electrons. The third-order valence-electron chi connectivity index (χ3n) is 4.32. The monoisotopic (exact) mass is 358 g/mol. The molecule has 5 aromatic rings. The van der Waals surface area contributed by atoms with Crippen LogP contribution in [0, 0.1) is 0 Å². The van der Waals surface area contributed by atoms with Crippen LogP contribution in [0.1, 0.15) is 10.4 Å². The van der Waals surface area contributed by atoms with Crippen molar-refractivity contribution in [3.05, 3.63) is 60.8 Å². The summed E-state index contributed by atoms with van der Waals surface area (Å²) in [6, 6.07) is 9.52. The van der Waals surface area contributed by atoms with Gasteiger partial charge in [-0.3, -0.25) is 19.4 Å². The van der Waals surface area contributed by atoms with Crippen molar-refractivity contribution in [2.45, 2.75) is 0 Å². The Morgan fingerprint density at radius 3 is 2.96 bits per heavy atom. The van der Waals surface area contributed by atoms with Crippen molar-refractivity contribution in [2.24, 2.45) is 7.05 Å². The van der Waals surface area contributed by atoms with Gasteiger partial charge in [0.15, 0.2) is 5.82 Å². The van der Waals surface area contributed by atoms with E-state index in [2.05, 4.69) is 30.4 Å². The van der Waals surface area contributed by atoms with Crippen LogP contribution in [0.5, 0.6) is 0 Å². The highest BCUT2D eigenvalue weighted by atomic mass is 16.1. The van der Waals surface area contributed by atoms with E-state index in [1.165, 1.54) is 6.33 Å². The smallest absolute Gasteiger partial charge is 0.260 e. The van der Waals surface area contributed by atoms with Gasteiger partial charge in [0.1, 0.15) is 12.0 Å². The van der Waals surface area contributed by atoms with Gasteiger partial charge in [-0.1, -0.05) is 12.1 Å². The number of imidazole rings is 1. The maximum atomic E-state index is 12.9. The number of H-pyrrole nitrogens is 1. The summed E-state index contributed by atoms with van der Waals surface area (Å²) in [5.41, 5.74) is 2.67. The third-order valence-corrected chi connectivity index (χ3v) is 4.32. The molecule has 0 aliphatic carbocycles. The number of fused-ring (bicyclic) bond motifs is 2. The molecular weight excluding hydrogens is 344 g/mol. The van der Waals surface area contributed by atoms with Crippen LogP contribution in [0.2, 0.25) is 0 Å². The van der Waals surface area contributed by atoms with Crippen molar-refractivity contribution >= 4 is 33.9 Å². The van der Waals surface area contributed by atoms with Gasteiger partial charge >= 0.3 is 0 Å². The number of benzene rings is 1. The van der Waals surface area contributed by atoms with E-state index in [1.807, 2.05) is 48.1 Å². The highest BCUT2D eigenvalue weighted by molar-refractivity contribution is 6.12. The number of carbonyl (C=O) groups excluding carboxylic acids is 1. The summed E-state index contributed by atoms with van der Waals surface area (Å²) in [5, 5.41) is 7.99. The molecule has 0 saturated heterocycles. The molecule has 0 aliphatic rings. The second-order valence-electron chi connectivity index (χ2n) is 6.05. The van der Waals surface area contributed by atoms with Crippen molar-refractivity contribution in [3.63, 3.8) is 0 Å². The Morgan fingerprint density at radius 2 is 2.11 bits per heavy atom. The normalized spacial score (nSPS) is 11.3. The lowest BCUT2D eigenvalue weighted by Crippen LogP contribution is -2.15. The molecule has 9 nitrogen and oxygen atoms in total. The van der Waals surface area contributed by atoms with Crippen molar-refractivity contribution in [2.75, 3.05) is 5.32 Å². The molecule has 0 bridgehead atoms. The lowest BCUT2D eigenvalue weighted by molar-refractivity contribution is 0.102. The predicted molar refractivity (Wildman–Crippen MR) is 99.7 cm³/mol. The molecule has 0 atom stereocenters. The molecule has 0 radical (unpaired) electrons.